The smallest absolute Gasteiger partial charge is 0.307 e. The van der Waals surface area contributed by atoms with Crippen LogP contribution in [0.4, 0.5) is 0 Å². The molecule has 14 heavy (non-hydrogen) atoms. The molecule has 0 saturated carbocycles. The summed E-state index contributed by atoms with van der Waals surface area (Å²) >= 11 is 0. The lowest BCUT2D eigenvalue weighted by atomic mass is 10.1. The topological polar surface area (TPSA) is 57.5 Å². The number of carboxylic acid groups (broad SMARTS) is 1. The number of aliphatic hydroxyl groups is 1. The highest BCUT2D eigenvalue weighted by molar-refractivity contribution is 5.70. The van der Waals surface area contributed by atoms with E-state index in [1.807, 2.05) is 6.07 Å². The summed E-state index contributed by atoms with van der Waals surface area (Å²) in [7, 11) is 0. The number of aliphatic hydroxyl groups excluding tert-OH is 1. The van der Waals surface area contributed by atoms with Crippen molar-refractivity contribution >= 4 is 12.0 Å². The fraction of sp³-hybridized carbons (Fsp3) is 0.182. The van der Waals surface area contributed by atoms with Crippen molar-refractivity contribution < 1.29 is 15.0 Å². The van der Waals surface area contributed by atoms with Gasteiger partial charge in [-0.15, -0.1) is 0 Å². The van der Waals surface area contributed by atoms with Gasteiger partial charge in [0.25, 0.3) is 0 Å². The maximum absolute atomic E-state index is 10.4. The number of hydrogen-bond donors (Lipinski definition) is 2. The molecule has 0 aliphatic rings. The van der Waals surface area contributed by atoms with E-state index in [2.05, 4.69) is 0 Å². The highest BCUT2D eigenvalue weighted by Crippen LogP contribution is 2.07. The van der Waals surface area contributed by atoms with Crippen molar-refractivity contribution in [3.8, 4) is 0 Å². The van der Waals surface area contributed by atoms with E-state index < -0.39 is 5.97 Å². The zero-order valence-corrected chi connectivity index (χ0v) is 7.68. The van der Waals surface area contributed by atoms with Gasteiger partial charge in [-0.25, -0.2) is 0 Å². The third-order valence-electron chi connectivity index (χ3n) is 1.72. The lowest BCUT2D eigenvalue weighted by Crippen LogP contribution is -1.99. The van der Waals surface area contributed by atoms with Gasteiger partial charge in [-0.2, -0.15) is 0 Å². The molecule has 0 atom stereocenters. The lowest BCUT2D eigenvalue weighted by molar-refractivity contribution is -0.136. The van der Waals surface area contributed by atoms with Gasteiger partial charge in [-0.3, -0.25) is 4.79 Å². The van der Waals surface area contributed by atoms with Gasteiger partial charge in [0.2, 0.25) is 0 Å². The minimum Gasteiger partial charge on any atom is -0.481 e. The van der Waals surface area contributed by atoms with Gasteiger partial charge in [-0.1, -0.05) is 36.4 Å². The molecule has 0 bridgehead atoms. The normalized spacial score (nSPS) is 10.6. The molecule has 0 amide bonds. The van der Waals surface area contributed by atoms with Crippen molar-refractivity contribution in [2.24, 2.45) is 0 Å². The van der Waals surface area contributed by atoms with E-state index in [4.69, 9.17) is 10.2 Å². The van der Waals surface area contributed by atoms with Crippen molar-refractivity contribution in [3.63, 3.8) is 0 Å². The maximum Gasteiger partial charge on any atom is 0.307 e. The van der Waals surface area contributed by atoms with E-state index >= 15 is 0 Å². The zero-order chi connectivity index (χ0) is 10.4. The fourth-order valence-corrected chi connectivity index (χ4v) is 1.17. The Kier molecular flexibility index (Phi) is 3.88. The second kappa shape index (κ2) is 5.19. The Balaban J connectivity index is 2.78. The van der Waals surface area contributed by atoms with Crippen molar-refractivity contribution in [1.82, 2.24) is 0 Å². The summed E-state index contributed by atoms with van der Waals surface area (Å²) in [5.74, 6) is -0.840. The molecule has 2 N–H and O–H groups in total. The quantitative estimate of drug-likeness (QED) is 0.756. The van der Waals surface area contributed by atoms with Crippen molar-refractivity contribution in [1.29, 1.82) is 0 Å². The van der Waals surface area contributed by atoms with Gasteiger partial charge in [0.1, 0.15) is 0 Å². The summed E-state index contributed by atoms with van der Waals surface area (Å²) in [6.07, 6.45) is 3.39. The standard InChI is InChI=1S/C11H12O3/c12-6-2-5-9-3-1-4-10(7-9)8-11(13)14/h1-5,7,12H,6,8H2,(H,13,14). The molecular weight excluding hydrogens is 180 g/mol. The number of carboxylic acids is 1. The van der Waals surface area contributed by atoms with E-state index in [0.717, 1.165) is 11.1 Å². The molecule has 0 aliphatic heterocycles. The highest BCUT2D eigenvalue weighted by Gasteiger charge is 1.99. The van der Waals surface area contributed by atoms with Gasteiger partial charge < -0.3 is 10.2 Å². The molecule has 0 fully saturated rings. The molecule has 74 valence electrons. The number of rotatable bonds is 4. The Labute approximate surface area is 82.3 Å². The zero-order valence-electron chi connectivity index (χ0n) is 7.68. The van der Waals surface area contributed by atoms with Crippen LogP contribution >= 0.6 is 0 Å². The number of hydrogen-bond acceptors (Lipinski definition) is 2. The highest BCUT2D eigenvalue weighted by atomic mass is 16.4. The van der Waals surface area contributed by atoms with Gasteiger partial charge in [0.05, 0.1) is 13.0 Å². The molecule has 0 saturated heterocycles. The van der Waals surface area contributed by atoms with Gasteiger partial charge in [-0.05, 0) is 11.1 Å². The van der Waals surface area contributed by atoms with Crippen molar-refractivity contribution in [3.05, 3.63) is 41.5 Å². The average Bonchev–Trinajstić information content (AvgIpc) is 2.14. The second-order valence-corrected chi connectivity index (χ2v) is 2.90. The largest absolute Gasteiger partial charge is 0.481 e. The molecular formula is C11H12O3. The van der Waals surface area contributed by atoms with Crippen molar-refractivity contribution in [2.75, 3.05) is 6.61 Å². The first-order valence-electron chi connectivity index (χ1n) is 4.30. The molecule has 3 nitrogen and oxygen atoms in total. The van der Waals surface area contributed by atoms with Crippen LogP contribution in [0, 0.1) is 0 Å². The van der Waals surface area contributed by atoms with Crippen LogP contribution in [0.2, 0.25) is 0 Å². The Bertz CT molecular complexity index is 342. The molecule has 0 aromatic heterocycles. The molecule has 1 aromatic rings. The van der Waals surface area contributed by atoms with Crippen molar-refractivity contribution in [2.45, 2.75) is 6.42 Å². The molecule has 3 heteroatoms. The SMILES string of the molecule is O=C(O)Cc1cccc(C=CCO)c1. The van der Waals surface area contributed by atoms with Crippen LogP contribution < -0.4 is 0 Å². The van der Waals surface area contributed by atoms with Crippen LogP contribution in [0.25, 0.3) is 6.08 Å². The summed E-state index contributed by atoms with van der Waals surface area (Å²) in [4.78, 5) is 10.4. The predicted octanol–water partition coefficient (Wildman–Crippen LogP) is 1.32. The van der Waals surface area contributed by atoms with Crippen LogP contribution in [0.3, 0.4) is 0 Å². The first kappa shape index (κ1) is 10.5. The molecule has 0 aliphatic carbocycles. The minimum atomic E-state index is -0.840. The van der Waals surface area contributed by atoms with Gasteiger partial charge >= 0.3 is 5.97 Å². The first-order chi connectivity index (χ1) is 6.72. The molecule has 1 rings (SSSR count). The fourth-order valence-electron chi connectivity index (χ4n) is 1.17. The Hall–Kier alpha value is -1.61. The van der Waals surface area contributed by atoms with Crippen LogP contribution in [-0.2, 0) is 11.2 Å². The van der Waals surface area contributed by atoms with E-state index in [9.17, 15) is 4.79 Å². The maximum atomic E-state index is 10.4. The Morgan fingerprint density at radius 3 is 2.86 bits per heavy atom. The molecule has 0 spiro atoms. The summed E-state index contributed by atoms with van der Waals surface area (Å²) in [6, 6.07) is 7.22. The summed E-state index contributed by atoms with van der Waals surface area (Å²) in [5.41, 5.74) is 1.66. The third kappa shape index (κ3) is 3.41. The summed E-state index contributed by atoms with van der Waals surface area (Å²) < 4.78 is 0. The van der Waals surface area contributed by atoms with E-state index in [1.165, 1.54) is 0 Å². The Morgan fingerprint density at radius 2 is 2.21 bits per heavy atom. The monoisotopic (exact) mass is 192 g/mol. The summed E-state index contributed by atoms with van der Waals surface area (Å²) in [6.45, 7) is -0.0108. The average molecular weight is 192 g/mol. The molecule has 0 unspecified atom stereocenters. The third-order valence-corrected chi connectivity index (χ3v) is 1.72. The summed E-state index contributed by atoms with van der Waals surface area (Å²) in [5, 5.41) is 17.1. The number of carbonyl (C=O) groups is 1. The Morgan fingerprint density at radius 1 is 1.43 bits per heavy atom. The molecule has 0 heterocycles. The van der Waals surface area contributed by atoms with Crippen LogP contribution in [0.5, 0.6) is 0 Å². The van der Waals surface area contributed by atoms with Crippen LogP contribution in [-0.4, -0.2) is 22.8 Å². The van der Waals surface area contributed by atoms with Gasteiger partial charge in [0, 0.05) is 0 Å². The minimum absolute atomic E-state index is 0.0108. The predicted molar refractivity (Wildman–Crippen MR) is 53.9 cm³/mol. The number of benzene rings is 1. The van der Waals surface area contributed by atoms with E-state index in [0.29, 0.717) is 0 Å². The lowest BCUT2D eigenvalue weighted by Gasteiger charge is -1.98. The van der Waals surface area contributed by atoms with Crippen LogP contribution in [0.1, 0.15) is 11.1 Å². The van der Waals surface area contributed by atoms with Gasteiger partial charge in [0.15, 0.2) is 0 Å². The van der Waals surface area contributed by atoms with Crippen LogP contribution in [0.15, 0.2) is 30.3 Å². The van der Waals surface area contributed by atoms with E-state index in [-0.39, 0.29) is 13.0 Å². The molecule has 0 radical (unpaired) electrons. The second-order valence-electron chi connectivity index (χ2n) is 2.90. The van der Waals surface area contributed by atoms with E-state index in [1.54, 1.807) is 30.4 Å². The first-order valence-corrected chi connectivity index (χ1v) is 4.30. The number of aliphatic carboxylic acids is 1. The molecule has 1 aromatic carbocycles.